The van der Waals surface area contributed by atoms with Crippen molar-refractivity contribution in [3.8, 4) is 22.4 Å². The third kappa shape index (κ3) is 2.92. The highest BCUT2D eigenvalue weighted by Gasteiger charge is 2.21. The summed E-state index contributed by atoms with van der Waals surface area (Å²) in [6, 6.07) is 7.94. The molecular formula is C17H10ClF3N2. The van der Waals surface area contributed by atoms with Gasteiger partial charge in [-0.3, -0.25) is 0 Å². The molecule has 0 aliphatic carbocycles. The van der Waals surface area contributed by atoms with E-state index in [0.29, 0.717) is 34.1 Å². The number of aryl methyl sites for hydroxylation is 1. The summed E-state index contributed by atoms with van der Waals surface area (Å²) >= 11 is 5.86. The van der Waals surface area contributed by atoms with Crippen molar-refractivity contribution in [2.75, 3.05) is 0 Å². The van der Waals surface area contributed by atoms with Crippen LogP contribution in [0.25, 0.3) is 22.4 Å². The lowest BCUT2D eigenvalue weighted by Gasteiger charge is -2.13. The molecule has 0 atom stereocenters. The maximum atomic E-state index is 14.2. The largest absolute Gasteiger partial charge is 0.241 e. The zero-order valence-electron chi connectivity index (χ0n) is 11.9. The molecule has 0 saturated carbocycles. The van der Waals surface area contributed by atoms with Crippen LogP contribution in [-0.4, -0.2) is 9.97 Å². The van der Waals surface area contributed by atoms with Crippen LogP contribution in [0.2, 0.25) is 5.02 Å². The van der Waals surface area contributed by atoms with E-state index in [2.05, 4.69) is 9.97 Å². The predicted molar refractivity (Wildman–Crippen MR) is 82.5 cm³/mol. The molecule has 116 valence electrons. The Morgan fingerprint density at radius 3 is 2.09 bits per heavy atom. The molecule has 0 amide bonds. The Morgan fingerprint density at radius 1 is 0.870 bits per heavy atom. The normalized spacial score (nSPS) is 10.8. The first-order valence-electron chi connectivity index (χ1n) is 6.70. The van der Waals surface area contributed by atoms with Crippen molar-refractivity contribution in [1.29, 1.82) is 0 Å². The topological polar surface area (TPSA) is 25.8 Å². The lowest BCUT2D eigenvalue weighted by atomic mass is 9.97. The van der Waals surface area contributed by atoms with Crippen LogP contribution >= 0.6 is 11.6 Å². The third-order valence-electron chi connectivity index (χ3n) is 3.41. The van der Waals surface area contributed by atoms with Crippen LogP contribution in [-0.2, 0) is 0 Å². The average molecular weight is 335 g/mol. The van der Waals surface area contributed by atoms with Crippen LogP contribution in [0.4, 0.5) is 13.2 Å². The van der Waals surface area contributed by atoms with Crippen LogP contribution < -0.4 is 0 Å². The fourth-order valence-electron chi connectivity index (χ4n) is 2.38. The Bertz CT molecular complexity index is 857. The molecule has 2 aromatic carbocycles. The molecule has 0 N–H and O–H groups in total. The van der Waals surface area contributed by atoms with Gasteiger partial charge in [0.25, 0.3) is 0 Å². The Labute approximate surface area is 135 Å². The van der Waals surface area contributed by atoms with E-state index in [9.17, 15) is 13.2 Å². The Morgan fingerprint density at radius 2 is 1.48 bits per heavy atom. The minimum absolute atomic E-state index is 0.185. The SMILES string of the molecule is Cc1ncnc(-c2ccc(Cl)cc2)c1-c1c(F)cc(F)cc1F. The maximum absolute atomic E-state index is 14.2. The number of aromatic nitrogens is 2. The molecule has 0 fully saturated rings. The molecule has 0 unspecified atom stereocenters. The summed E-state index contributed by atoms with van der Waals surface area (Å²) in [5.74, 6) is -2.99. The second-order valence-corrected chi connectivity index (χ2v) is 5.37. The van der Waals surface area contributed by atoms with E-state index < -0.39 is 17.5 Å². The fraction of sp³-hybridized carbons (Fsp3) is 0.0588. The Hall–Kier alpha value is -2.40. The van der Waals surface area contributed by atoms with Crippen molar-refractivity contribution in [2.24, 2.45) is 0 Å². The van der Waals surface area contributed by atoms with E-state index >= 15 is 0 Å². The number of rotatable bonds is 2. The van der Waals surface area contributed by atoms with Gasteiger partial charge in [-0.15, -0.1) is 0 Å². The lowest BCUT2D eigenvalue weighted by Crippen LogP contribution is -2.00. The number of nitrogens with zero attached hydrogens (tertiary/aromatic N) is 2. The first kappa shape index (κ1) is 15.5. The minimum atomic E-state index is -1.00. The second kappa shape index (κ2) is 6.01. The second-order valence-electron chi connectivity index (χ2n) is 4.93. The van der Waals surface area contributed by atoms with Gasteiger partial charge in [-0.05, 0) is 19.1 Å². The lowest BCUT2D eigenvalue weighted by molar-refractivity contribution is 0.547. The molecule has 6 heteroatoms. The molecule has 3 aromatic rings. The summed E-state index contributed by atoms with van der Waals surface area (Å²) in [5.41, 5.74) is 1.19. The summed E-state index contributed by atoms with van der Waals surface area (Å²) in [4.78, 5) is 8.14. The van der Waals surface area contributed by atoms with Gasteiger partial charge in [0.1, 0.15) is 23.8 Å². The highest BCUT2D eigenvalue weighted by molar-refractivity contribution is 6.30. The van der Waals surface area contributed by atoms with Gasteiger partial charge in [-0.2, -0.15) is 0 Å². The molecule has 1 heterocycles. The van der Waals surface area contributed by atoms with E-state index in [4.69, 9.17) is 11.6 Å². The van der Waals surface area contributed by atoms with Gasteiger partial charge in [0.05, 0.1) is 11.3 Å². The minimum Gasteiger partial charge on any atom is -0.241 e. The maximum Gasteiger partial charge on any atom is 0.137 e. The van der Waals surface area contributed by atoms with Crippen molar-refractivity contribution in [2.45, 2.75) is 6.92 Å². The summed E-state index contributed by atoms with van der Waals surface area (Å²) in [7, 11) is 0. The van der Waals surface area contributed by atoms with Crippen molar-refractivity contribution in [1.82, 2.24) is 9.97 Å². The zero-order chi connectivity index (χ0) is 16.6. The number of benzene rings is 2. The van der Waals surface area contributed by atoms with Crippen molar-refractivity contribution >= 4 is 11.6 Å². The van der Waals surface area contributed by atoms with Gasteiger partial charge in [0.2, 0.25) is 0 Å². The van der Waals surface area contributed by atoms with Gasteiger partial charge in [0.15, 0.2) is 0 Å². The fourth-order valence-corrected chi connectivity index (χ4v) is 2.51. The van der Waals surface area contributed by atoms with Crippen molar-refractivity contribution in [3.63, 3.8) is 0 Å². The number of halogens is 4. The monoisotopic (exact) mass is 334 g/mol. The Balaban J connectivity index is 2.31. The first-order valence-corrected chi connectivity index (χ1v) is 7.07. The molecule has 2 nitrogen and oxygen atoms in total. The molecule has 0 aliphatic heterocycles. The molecule has 23 heavy (non-hydrogen) atoms. The van der Waals surface area contributed by atoms with E-state index in [0.717, 1.165) is 0 Å². The van der Waals surface area contributed by atoms with Crippen molar-refractivity contribution < 1.29 is 13.2 Å². The molecule has 0 bridgehead atoms. The van der Waals surface area contributed by atoms with Crippen LogP contribution in [0, 0.1) is 24.4 Å². The van der Waals surface area contributed by atoms with Crippen LogP contribution in [0.3, 0.4) is 0 Å². The Kier molecular flexibility index (Phi) is 4.05. The molecule has 3 rings (SSSR count). The number of hydrogen-bond acceptors (Lipinski definition) is 2. The highest BCUT2D eigenvalue weighted by Crippen LogP contribution is 2.36. The molecule has 0 saturated heterocycles. The standard InChI is InChI=1S/C17H10ClF3N2/c1-9-15(16-13(20)6-12(19)7-14(16)21)17(23-8-22-9)10-2-4-11(18)5-3-10/h2-8H,1H3. The molecular weight excluding hydrogens is 325 g/mol. The first-order chi connectivity index (χ1) is 11.0. The van der Waals surface area contributed by atoms with Gasteiger partial charge in [0, 0.05) is 34.0 Å². The van der Waals surface area contributed by atoms with Gasteiger partial charge < -0.3 is 0 Å². The van der Waals surface area contributed by atoms with Crippen LogP contribution in [0.5, 0.6) is 0 Å². The van der Waals surface area contributed by atoms with E-state index in [-0.39, 0.29) is 11.1 Å². The van der Waals surface area contributed by atoms with E-state index in [1.165, 1.54) is 6.33 Å². The highest BCUT2D eigenvalue weighted by atomic mass is 35.5. The van der Waals surface area contributed by atoms with E-state index in [1.807, 2.05) is 0 Å². The van der Waals surface area contributed by atoms with Crippen LogP contribution in [0.1, 0.15) is 5.69 Å². The molecule has 1 aromatic heterocycles. The summed E-state index contributed by atoms with van der Waals surface area (Å²) in [6.07, 6.45) is 1.31. The zero-order valence-corrected chi connectivity index (χ0v) is 12.7. The van der Waals surface area contributed by atoms with Gasteiger partial charge in [-0.25, -0.2) is 23.1 Å². The quantitative estimate of drug-likeness (QED) is 0.644. The van der Waals surface area contributed by atoms with Gasteiger partial charge in [-0.1, -0.05) is 23.7 Å². The smallest absolute Gasteiger partial charge is 0.137 e. The molecule has 0 radical (unpaired) electrons. The van der Waals surface area contributed by atoms with Crippen LogP contribution in [0.15, 0.2) is 42.7 Å². The number of hydrogen-bond donors (Lipinski definition) is 0. The summed E-state index contributed by atoms with van der Waals surface area (Å²) in [5, 5.41) is 0.528. The van der Waals surface area contributed by atoms with E-state index in [1.54, 1.807) is 31.2 Å². The van der Waals surface area contributed by atoms with Gasteiger partial charge >= 0.3 is 0 Å². The molecule has 0 spiro atoms. The summed E-state index contributed by atoms with van der Waals surface area (Å²) < 4.78 is 41.5. The van der Waals surface area contributed by atoms with Crippen molar-refractivity contribution in [3.05, 3.63) is 70.9 Å². The third-order valence-corrected chi connectivity index (χ3v) is 3.66. The average Bonchev–Trinajstić information content (AvgIpc) is 2.49. The summed E-state index contributed by atoms with van der Waals surface area (Å²) in [6.45, 7) is 1.61. The molecule has 0 aliphatic rings. The predicted octanol–water partition coefficient (Wildman–Crippen LogP) is 5.19.